The van der Waals surface area contributed by atoms with E-state index in [-0.39, 0.29) is 0 Å². The van der Waals surface area contributed by atoms with Gasteiger partial charge in [-0.2, -0.15) is 0 Å². The molecule has 0 heterocycles. The van der Waals surface area contributed by atoms with Crippen LogP contribution in [0.2, 0.25) is 0 Å². The molecule has 0 aliphatic heterocycles. The fraction of sp³-hybridized carbons (Fsp3) is 0. The van der Waals surface area contributed by atoms with E-state index in [1.807, 2.05) is 30.3 Å². The van der Waals surface area contributed by atoms with Crippen molar-refractivity contribution in [1.82, 2.24) is 0 Å². The Morgan fingerprint density at radius 1 is 1.12 bits per heavy atom. The quantitative estimate of drug-likeness (QED) is 0.536. The Labute approximate surface area is 59.2 Å². The molecule has 1 aromatic carbocycles. The Morgan fingerprint density at radius 2 is 1.75 bits per heavy atom. The molecule has 0 saturated heterocycles. The number of benzene rings is 1. The van der Waals surface area contributed by atoms with Crippen LogP contribution in [0.4, 0.5) is 0 Å². The van der Waals surface area contributed by atoms with Gasteiger partial charge in [-0.25, -0.2) is 0 Å². The first-order valence-corrected chi connectivity index (χ1v) is 4.31. The molecule has 0 fully saturated rings. The molecule has 0 aliphatic rings. The molecule has 0 saturated carbocycles. The molecule has 8 heavy (non-hydrogen) atoms. The van der Waals surface area contributed by atoms with E-state index in [9.17, 15) is 0 Å². The van der Waals surface area contributed by atoms with Crippen molar-refractivity contribution in [1.29, 1.82) is 0 Å². The molecule has 1 N–H and O–H groups in total. The van der Waals surface area contributed by atoms with Crippen molar-refractivity contribution < 1.29 is 25.1 Å². The zero-order chi connectivity index (χ0) is 5.82. The minimum absolute atomic E-state index is 0.691. The van der Waals surface area contributed by atoms with Gasteiger partial charge in [0.1, 0.15) is 0 Å². The molecule has 1 rings (SSSR count). The summed E-state index contributed by atoms with van der Waals surface area (Å²) < 4.78 is 9.72. The van der Waals surface area contributed by atoms with Crippen LogP contribution in [0.5, 0.6) is 0 Å². The first kappa shape index (κ1) is 6.04. The van der Waals surface area contributed by atoms with Crippen molar-refractivity contribution in [3.8, 4) is 0 Å². The van der Waals surface area contributed by atoms with E-state index in [0.29, 0.717) is 0 Å². The summed E-state index contributed by atoms with van der Waals surface area (Å²) >= 11 is -0.691. The molecule has 2 heteroatoms. The summed E-state index contributed by atoms with van der Waals surface area (Å²) in [5, 5.41) is 0. The van der Waals surface area contributed by atoms with E-state index in [4.69, 9.17) is 3.44 Å². The maximum atomic E-state index is 8.65. The van der Waals surface area contributed by atoms with Crippen LogP contribution in [-0.4, -0.2) is 3.44 Å². The molecular formula is C6H6IO-. The SMILES string of the molecule is O[I-]c1ccccc1. The van der Waals surface area contributed by atoms with Crippen molar-refractivity contribution in [3.05, 3.63) is 33.9 Å². The van der Waals surface area contributed by atoms with Gasteiger partial charge in [0.05, 0.1) is 0 Å². The number of hydrogen-bond acceptors (Lipinski definition) is 1. The normalized spacial score (nSPS) is 9.62. The predicted molar refractivity (Wildman–Crippen MR) is 27.4 cm³/mol. The maximum absolute atomic E-state index is 8.65. The second-order valence-electron chi connectivity index (χ2n) is 1.38. The number of rotatable bonds is 1. The van der Waals surface area contributed by atoms with Crippen LogP contribution < -0.4 is 21.6 Å². The first-order chi connectivity index (χ1) is 3.93. The van der Waals surface area contributed by atoms with Gasteiger partial charge in [0.2, 0.25) is 0 Å². The molecular weight excluding hydrogens is 215 g/mol. The zero-order valence-corrected chi connectivity index (χ0v) is 6.37. The topological polar surface area (TPSA) is 20.2 Å². The van der Waals surface area contributed by atoms with E-state index in [2.05, 4.69) is 0 Å². The van der Waals surface area contributed by atoms with Crippen molar-refractivity contribution in [3.63, 3.8) is 0 Å². The summed E-state index contributed by atoms with van der Waals surface area (Å²) in [5.74, 6) is 0. The molecule has 1 nitrogen and oxygen atoms in total. The van der Waals surface area contributed by atoms with Crippen LogP contribution in [0.3, 0.4) is 0 Å². The Kier molecular flexibility index (Phi) is 2.29. The van der Waals surface area contributed by atoms with Crippen LogP contribution in [0.25, 0.3) is 0 Å². The summed E-state index contributed by atoms with van der Waals surface area (Å²) in [6, 6.07) is 9.69. The average molecular weight is 221 g/mol. The van der Waals surface area contributed by atoms with Gasteiger partial charge in [0.15, 0.2) is 0 Å². The molecule has 0 spiro atoms. The van der Waals surface area contributed by atoms with Gasteiger partial charge < -0.3 is 0 Å². The van der Waals surface area contributed by atoms with Crippen molar-refractivity contribution >= 4 is 0 Å². The number of halogens is 1. The van der Waals surface area contributed by atoms with Gasteiger partial charge in [0, 0.05) is 0 Å². The summed E-state index contributed by atoms with van der Waals surface area (Å²) in [5.41, 5.74) is 0. The van der Waals surface area contributed by atoms with Gasteiger partial charge in [-0.05, 0) is 0 Å². The van der Waals surface area contributed by atoms with Crippen molar-refractivity contribution in [2.75, 3.05) is 0 Å². The molecule has 0 aromatic heterocycles. The molecule has 0 unspecified atom stereocenters. The van der Waals surface area contributed by atoms with Gasteiger partial charge in [-0.1, -0.05) is 0 Å². The second-order valence-corrected chi connectivity index (χ2v) is 3.11. The average Bonchev–Trinajstić information content (AvgIpc) is 1.90. The Hall–Kier alpha value is -0.0900. The van der Waals surface area contributed by atoms with Crippen LogP contribution in [0.15, 0.2) is 30.3 Å². The standard InChI is InChI=1S/C6H6IO/c8-7-6-4-2-1-3-5-6/h1-5,8H/q-1. The molecule has 44 valence electrons. The summed E-state index contributed by atoms with van der Waals surface area (Å²) in [6.45, 7) is 0. The first-order valence-electron chi connectivity index (χ1n) is 2.27. The predicted octanol–water partition coefficient (Wildman–Crippen LogP) is -2.15. The van der Waals surface area contributed by atoms with Crippen LogP contribution >= 0.6 is 0 Å². The summed E-state index contributed by atoms with van der Waals surface area (Å²) in [7, 11) is 0. The third-order valence-corrected chi connectivity index (χ3v) is 2.11. The molecule has 0 atom stereocenters. The molecule has 0 bridgehead atoms. The van der Waals surface area contributed by atoms with E-state index in [0.717, 1.165) is 3.57 Å². The fourth-order valence-electron chi connectivity index (χ4n) is 0.471. The van der Waals surface area contributed by atoms with Crippen LogP contribution in [-0.2, 0) is 0 Å². The van der Waals surface area contributed by atoms with Gasteiger partial charge in [0.25, 0.3) is 0 Å². The monoisotopic (exact) mass is 221 g/mol. The summed E-state index contributed by atoms with van der Waals surface area (Å²) in [4.78, 5) is 0. The molecule has 1 aromatic rings. The molecule has 0 radical (unpaired) electrons. The third kappa shape index (κ3) is 1.45. The zero-order valence-electron chi connectivity index (χ0n) is 4.21. The van der Waals surface area contributed by atoms with E-state index in [1.54, 1.807) is 0 Å². The molecule has 0 aliphatic carbocycles. The van der Waals surface area contributed by atoms with Gasteiger partial charge in [-0.3, -0.25) is 0 Å². The third-order valence-electron chi connectivity index (χ3n) is 0.831. The number of hydrogen-bond donors (Lipinski definition) is 1. The van der Waals surface area contributed by atoms with Crippen molar-refractivity contribution in [2.24, 2.45) is 0 Å². The van der Waals surface area contributed by atoms with Crippen LogP contribution in [0, 0.1) is 3.57 Å². The summed E-state index contributed by atoms with van der Waals surface area (Å²) in [6.07, 6.45) is 0. The fourth-order valence-corrected chi connectivity index (χ4v) is 1.21. The van der Waals surface area contributed by atoms with E-state index in [1.165, 1.54) is 0 Å². The second kappa shape index (κ2) is 3.04. The Balaban J connectivity index is 2.83. The minimum atomic E-state index is -0.691. The van der Waals surface area contributed by atoms with Gasteiger partial charge >= 0.3 is 59.0 Å². The van der Waals surface area contributed by atoms with Crippen LogP contribution in [0.1, 0.15) is 0 Å². The Morgan fingerprint density at radius 3 is 2.12 bits per heavy atom. The van der Waals surface area contributed by atoms with E-state index >= 15 is 0 Å². The Bertz CT molecular complexity index is 150. The molecule has 0 amide bonds. The van der Waals surface area contributed by atoms with E-state index < -0.39 is 21.6 Å². The van der Waals surface area contributed by atoms with Gasteiger partial charge in [-0.15, -0.1) is 0 Å². The van der Waals surface area contributed by atoms with Crippen molar-refractivity contribution in [2.45, 2.75) is 0 Å².